The molecule has 7 heteroatoms. The number of Topliss-reactive ketones (excluding diaryl/α,β-unsaturated/α-hetero) is 1. The van der Waals surface area contributed by atoms with E-state index in [1.165, 1.54) is 7.11 Å². The second-order valence-corrected chi connectivity index (χ2v) is 9.48. The molecule has 1 N–H and O–H groups in total. The molecule has 7 nitrogen and oxygen atoms in total. The fourth-order valence-corrected chi connectivity index (χ4v) is 5.50. The Balaban J connectivity index is 1.79. The first kappa shape index (κ1) is 24.0. The number of rotatable bonds is 5. The van der Waals surface area contributed by atoms with Crippen LogP contribution in [0.1, 0.15) is 63.9 Å². The number of dihydropyridines is 1. The number of esters is 2. The highest BCUT2D eigenvalue weighted by molar-refractivity contribution is 6.12. The first-order valence-corrected chi connectivity index (χ1v) is 12.0. The number of hydrogen-bond donors (Lipinski definition) is 1. The van der Waals surface area contributed by atoms with Gasteiger partial charge in [0.1, 0.15) is 17.8 Å². The van der Waals surface area contributed by atoms with E-state index in [4.69, 9.17) is 14.2 Å². The Kier molecular flexibility index (Phi) is 7.10. The van der Waals surface area contributed by atoms with E-state index in [1.54, 1.807) is 7.11 Å². The van der Waals surface area contributed by atoms with Crippen LogP contribution in [0, 0.1) is 11.8 Å². The van der Waals surface area contributed by atoms with Crippen molar-refractivity contribution in [2.24, 2.45) is 11.8 Å². The molecule has 3 aliphatic rings. The SMILES string of the molecule is COC(=O)[C@@H]1C(=O)C2=C(C[C@@H]1C)NC(C)=C(C(=O)OC1CCCCC1)[C@@H]2c1cccc(OC)c1. The molecule has 0 amide bonds. The summed E-state index contributed by atoms with van der Waals surface area (Å²) in [5, 5.41) is 3.31. The molecule has 182 valence electrons. The Bertz CT molecular complexity index is 1050. The van der Waals surface area contributed by atoms with Crippen LogP contribution in [0.25, 0.3) is 0 Å². The lowest BCUT2D eigenvalue weighted by atomic mass is 9.69. The van der Waals surface area contributed by atoms with Gasteiger partial charge in [-0.25, -0.2) is 4.79 Å². The Morgan fingerprint density at radius 2 is 1.82 bits per heavy atom. The molecule has 1 aliphatic heterocycles. The van der Waals surface area contributed by atoms with E-state index in [-0.39, 0.29) is 17.8 Å². The average Bonchev–Trinajstić information content (AvgIpc) is 2.83. The van der Waals surface area contributed by atoms with Crippen LogP contribution in [0.2, 0.25) is 0 Å². The molecule has 0 spiro atoms. The summed E-state index contributed by atoms with van der Waals surface area (Å²) in [4.78, 5) is 39.9. The number of ether oxygens (including phenoxy) is 3. The summed E-state index contributed by atoms with van der Waals surface area (Å²) in [7, 11) is 2.87. The molecule has 1 aromatic carbocycles. The Morgan fingerprint density at radius 3 is 2.50 bits per heavy atom. The molecule has 0 unspecified atom stereocenters. The number of hydrogen-bond acceptors (Lipinski definition) is 7. The van der Waals surface area contributed by atoms with E-state index in [2.05, 4.69) is 5.32 Å². The van der Waals surface area contributed by atoms with Crippen molar-refractivity contribution in [2.75, 3.05) is 14.2 Å². The molecular weight excluding hydrogens is 434 g/mol. The number of allylic oxidation sites excluding steroid dienone is 3. The molecule has 1 fully saturated rings. The van der Waals surface area contributed by atoms with E-state index in [9.17, 15) is 14.4 Å². The topological polar surface area (TPSA) is 90.9 Å². The van der Waals surface area contributed by atoms with E-state index in [1.807, 2.05) is 38.1 Å². The molecule has 4 rings (SSSR count). The van der Waals surface area contributed by atoms with Crippen LogP contribution in [0.5, 0.6) is 5.75 Å². The van der Waals surface area contributed by atoms with Crippen molar-refractivity contribution in [1.82, 2.24) is 5.32 Å². The largest absolute Gasteiger partial charge is 0.497 e. The number of nitrogens with one attached hydrogen (secondary N) is 1. The van der Waals surface area contributed by atoms with Gasteiger partial charge in [0, 0.05) is 22.9 Å². The third-order valence-corrected chi connectivity index (χ3v) is 7.22. The molecule has 0 radical (unpaired) electrons. The molecule has 3 atom stereocenters. The second kappa shape index (κ2) is 10.0. The van der Waals surface area contributed by atoms with Gasteiger partial charge in [-0.05, 0) is 62.6 Å². The van der Waals surface area contributed by atoms with Crippen molar-refractivity contribution < 1.29 is 28.6 Å². The van der Waals surface area contributed by atoms with Crippen molar-refractivity contribution in [3.8, 4) is 5.75 Å². The maximum Gasteiger partial charge on any atom is 0.337 e. The molecule has 2 aliphatic carbocycles. The molecule has 34 heavy (non-hydrogen) atoms. The monoisotopic (exact) mass is 467 g/mol. The van der Waals surface area contributed by atoms with Gasteiger partial charge >= 0.3 is 11.9 Å². The van der Waals surface area contributed by atoms with Crippen LogP contribution < -0.4 is 10.1 Å². The fourth-order valence-electron chi connectivity index (χ4n) is 5.50. The van der Waals surface area contributed by atoms with E-state index < -0.39 is 23.8 Å². The summed E-state index contributed by atoms with van der Waals surface area (Å²) in [5.41, 5.74) is 3.00. The van der Waals surface area contributed by atoms with Crippen LogP contribution in [0.15, 0.2) is 46.8 Å². The van der Waals surface area contributed by atoms with Gasteiger partial charge < -0.3 is 19.5 Å². The maximum atomic E-state index is 13.8. The molecule has 1 heterocycles. The van der Waals surface area contributed by atoms with E-state index in [0.29, 0.717) is 29.0 Å². The Hall–Kier alpha value is -3.09. The van der Waals surface area contributed by atoms with Gasteiger partial charge in [-0.3, -0.25) is 9.59 Å². The number of carbonyl (C=O) groups is 3. The highest BCUT2D eigenvalue weighted by Crippen LogP contribution is 2.46. The zero-order valence-corrected chi connectivity index (χ0v) is 20.3. The minimum Gasteiger partial charge on any atom is -0.497 e. The molecule has 0 aromatic heterocycles. The number of benzene rings is 1. The summed E-state index contributed by atoms with van der Waals surface area (Å²) in [5.74, 6) is -2.44. The molecule has 1 aromatic rings. The highest BCUT2D eigenvalue weighted by Gasteiger charge is 2.47. The van der Waals surface area contributed by atoms with Gasteiger partial charge in [0.05, 0.1) is 19.8 Å². The van der Waals surface area contributed by atoms with Crippen LogP contribution in [-0.2, 0) is 23.9 Å². The first-order chi connectivity index (χ1) is 16.3. The maximum absolute atomic E-state index is 13.8. The summed E-state index contributed by atoms with van der Waals surface area (Å²) in [6, 6.07) is 7.37. The van der Waals surface area contributed by atoms with Gasteiger partial charge in [-0.15, -0.1) is 0 Å². The van der Waals surface area contributed by atoms with E-state index >= 15 is 0 Å². The Morgan fingerprint density at radius 1 is 1.09 bits per heavy atom. The highest BCUT2D eigenvalue weighted by atomic mass is 16.5. The lowest BCUT2D eigenvalue weighted by molar-refractivity contribution is -0.151. The summed E-state index contributed by atoms with van der Waals surface area (Å²) < 4.78 is 16.3. The minimum absolute atomic E-state index is 0.118. The molecule has 1 saturated carbocycles. The van der Waals surface area contributed by atoms with Crippen LogP contribution in [0.3, 0.4) is 0 Å². The van der Waals surface area contributed by atoms with Gasteiger partial charge in [0.2, 0.25) is 0 Å². The average molecular weight is 468 g/mol. The third kappa shape index (κ3) is 4.48. The molecule has 0 saturated heterocycles. The molecule has 0 bridgehead atoms. The standard InChI is InChI=1S/C27H33NO6/c1-15-13-20-24(25(29)21(15)26(30)33-4)23(17-9-8-12-19(14-17)32-3)22(16(2)28-20)27(31)34-18-10-6-5-7-11-18/h8-9,12,14-15,18,21,23,28H,5-7,10-11,13H2,1-4H3/t15-,21-,23-/m0/s1. The van der Waals surface area contributed by atoms with Gasteiger partial charge in [0.25, 0.3) is 0 Å². The van der Waals surface area contributed by atoms with Crippen molar-refractivity contribution in [1.29, 1.82) is 0 Å². The third-order valence-electron chi connectivity index (χ3n) is 7.22. The van der Waals surface area contributed by atoms with Crippen molar-refractivity contribution in [2.45, 2.75) is 64.4 Å². The lowest BCUT2D eigenvalue weighted by Gasteiger charge is -2.38. The summed E-state index contributed by atoms with van der Waals surface area (Å²) >= 11 is 0. The van der Waals surface area contributed by atoms with Crippen molar-refractivity contribution >= 4 is 17.7 Å². The predicted molar refractivity (Wildman–Crippen MR) is 126 cm³/mol. The quantitative estimate of drug-likeness (QED) is 0.513. The Labute approximate surface area is 200 Å². The van der Waals surface area contributed by atoms with E-state index in [0.717, 1.165) is 43.4 Å². The fraction of sp³-hybridized carbons (Fsp3) is 0.519. The zero-order valence-electron chi connectivity index (χ0n) is 20.3. The van der Waals surface area contributed by atoms with Crippen LogP contribution in [-0.4, -0.2) is 38.0 Å². The van der Waals surface area contributed by atoms with Gasteiger partial charge in [-0.2, -0.15) is 0 Å². The second-order valence-electron chi connectivity index (χ2n) is 9.48. The smallest absolute Gasteiger partial charge is 0.337 e. The first-order valence-electron chi connectivity index (χ1n) is 12.0. The minimum atomic E-state index is -0.910. The van der Waals surface area contributed by atoms with Gasteiger partial charge in [0.15, 0.2) is 5.78 Å². The van der Waals surface area contributed by atoms with Crippen LogP contribution in [0.4, 0.5) is 0 Å². The number of ketones is 1. The summed E-state index contributed by atoms with van der Waals surface area (Å²) in [6.45, 7) is 3.72. The zero-order chi connectivity index (χ0) is 24.4. The van der Waals surface area contributed by atoms with Crippen molar-refractivity contribution in [3.05, 3.63) is 52.4 Å². The van der Waals surface area contributed by atoms with Crippen LogP contribution >= 0.6 is 0 Å². The summed E-state index contributed by atoms with van der Waals surface area (Å²) in [6.07, 6.45) is 5.33. The molecular formula is C27H33NO6. The predicted octanol–water partition coefficient (Wildman–Crippen LogP) is 4.18. The normalized spacial score (nSPS) is 25.4. The number of methoxy groups -OCH3 is 2. The lowest BCUT2D eigenvalue weighted by Crippen LogP contribution is -2.43. The van der Waals surface area contributed by atoms with Crippen molar-refractivity contribution in [3.63, 3.8) is 0 Å². The van der Waals surface area contributed by atoms with Gasteiger partial charge in [-0.1, -0.05) is 25.5 Å². The number of carbonyl (C=O) groups excluding carboxylic acids is 3.